The van der Waals surface area contributed by atoms with Crippen molar-refractivity contribution in [2.45, 2.75) is 62.7 Å². The number of aromatic nitrogens is 1. The molecule has 4 amide bonds. The molecule has 0 fully saturated rings. The molecule has 222 valence electrons. The van der Waals surface area contributed by atoms with Crippen LogP contribution in [0.4, 0.5) is 0 Å². The predicted octanol–water partition coefficient (Wildman–Crippen LogP) is -1.82. The topological polar surface area (TPSA) is 284 Å². The number of primary amides is 1. The molecule has 16 heteroatoms. The Balaban J connectivity index is 2.32. The fourth-order valence-electron chi connectivity index (χ4n) is 3.89. The summed E-state index contributed by atoms with van der Waals surface area (Å²) >= 11 is 0. The van der Waals surface area contributed by atoms with Gasteiger partial charge in [0.05, 0.1) is 12.5 Å². The van der Waals surface area contributed by atoms with Crippen LogP contribution in [0, 0.1) is 0 Å². The van der Waals surface area contributed by atoms with Crippen molar-refractivity contribution in [2.24, 2.45) is 11.5 Å². The highest BCUT2D eigenvalue weighted by Gasteiger charge is 2.32. The molecular weight excluding hydrogens is 544 g/mol. The van der Waals surface area contributed by atoms with E-state index in [1.807, 2.05) is 5.32 Å². The number of H-pyrrole nitrogens is 1. The summed E-state index contributed by atoms with van der Waals surface area (Å²) in [6.45, 7) is 0. The van der Waals surface area contributed by atoms with Crippen LogP contribution in [-0.4, -0.2) is 86.0 Å². The summed E-state index contributed by atoms with van der Waals surface area (Å²) in [5.41, 5.74) is 12.3. The Labute approximate surface area is 232 Å². The van der Waals surface area contributed by atoms with Gasteiger partial charge in [0.15, 0.2) is 0 Å². The number of aromatic amines is 1. The van der Waals surface area contributed by atoms with Crippen molar-refractivity contribution < 1.29 is 48.9 Å². The van der Waals surface area contributed by atoms with Gasteiger partial charge in [-0.25, -0.2) is 4.79 Å². The molecule has 0 saturated heterocycles. The Bertz CT molecular complexity index is 1310. The maximum Gasteiger partial charge on any atom is 0.326 e. The normalized spacial score (nSPS) is 13.8. The lowest BCUT2D eigenvalue weighted by Gasteiger charge is -2.25. The number of amides is 4. The van der Waals surface area contributed by atoms with Gasteiger partial charge in [-0.3, -0.25) is 28.8 Å². The second-order valence-corrected chi connectivity index (χ2v) is 9.23. The number of carbonyl (C=O) groups excluding carboxylic acids is 4. The maximum absolute atomic E-state index is 13.4. The van der Waals surface area contributed by atoms with Crippen molar-refractivity contribution in [1.82, 2.24) is 20.9 Å². The van der Waals surface area contributed by atoms with E-state index in [0.29, 0.717) is 5.56 Å². The summed E-state index contributed by atoms with van der Waals surface area (Å²) in [5, 5.41) is 34.8. The molecule has 16 nitrogen and oxygen atoms in total. The molecule has 4 unspecified atom stereocenters. The van der Waals surface area contributed by atoms with E-state index in [2.05, 4.69) is 15.6 Å². The summed E-state index contributed by atoms with van der Waals surface area (Å²) in [4.78, 5) is 86.7. The SMILES string of the molecule is NC(=O)CCC(N)C(=O)NC(Cc1c[nH]c2ccccc12)C(=O)NC(CCC(=O)O)C(=O)NC(CC(=O)O)C(=O)O. The van der Waals surface area contributed by atoms with Gasteiger partial charge in [0.2, 0.25) is 23.6 Å². The Morgan fingerprint density at radius 1 is 0.780 bits per heavy atom. The van der Waals surface area contributed by atoms with E-state index in [9.17, 15) is 38.7 Å². The first kappa shape index (κ1) is 32.2. The highest BCUT2D eigenvalue weighted by Crippen LogP contribution is 2.19. The van der Waals surface area contributed by atoms with Gasteiger partial charge >= 0.3 is 17.9 Å². The molecular formula is C25H32N6O10. The lowest BCUT2D eigenvalue weighted by Crippen LogP contribution is -2.57. The van der Waals surface area contributed by atoms with Gasteiger partial charge in [-0.15, -0.1) is 0 Å². The number of aliphatic carboxylic acids is 3. The lowest BCUT2D eigenvalue weighted by atomic mass is 10.0. The Hall–Kier alpha value is -4.99. The summed E-state index contributed by atoms with van der Waals surface area (Å²) in [6.07, 6.45) is -0.830. The summed E-state index contributed by atoms with van der Waals surface area (Å²) in [6, 6.07) is 1.09. The van der Waals surface area contributed by atoms with E-state index < -0.39 is 85.0 Å². The van der Waals surface area contributed by atoms with Crippen LogP contribution >= 0.6 is 0 Å². The summed E-state index contributed by atoms with van der Waals surface area (Å²) in [7, 11) is 0. The van der Waals surface area contributed by atoms with Gasteiger partial charge in [0.1, 0.15) is 18.1 Å². The molecule has 0 saturated carbocycles. The number of carboxylic acid groups (broad SMARTS) is 3. The van der Waals surface area contributed by atoms with Crippen LogP contribution in [0.25, 0.3) is 10.9 Å². The van der Waals surface area contributed by atoms with Gasteiger partial charge in [-0.1, -0.05) is 18.2 Å². The number of carboxylic acids is 3. The number of benzene rings is 1. The highest BCUT2D eigenvalue weighted by molar-refractivity contribution is 5.95. The van der Waals surface area contributed by atoms with E-state index in [4.69, 9.17) is 21.7 Å². The van der Waals surface area contributed by atoms with Crippen molar-refractivity contribution in [3.63, 3.8) is 0 Å². The third-order valence-corrected chi connectivity index (χ3v) is 6.04. The smallest absolute Gasteiger partial charge is 0.326 e. The predicted molar refractivity (Wildman–Crippen MR) is 141 cm³/mol. The standard InChI is InChI=1S/C25H32N6O10/c26-14(5-7-19(27)32)22(37)30-17(9-12-11-28-15-4-2-1-3-13(12)15)24(39)29-16(6-8-20(33)34)23(38)31-18(25(40)41)10-21(35)36/h1-4,11,14,16-18,28H,5-10,26H2,(H2,27,32)(H,29,39)(H,30,37)(H,31,38)(H,33,34)(H,35,36)(H,40,41). The number of rotatable bonds is 17. The molecule has 0 radical (unpaired) electrons. The van der Waals surface area contributed by atoms with Gasteiger partial charge in [-0.2, -0.15) is 0 Å². The zero-order valence-corrected chi connectivity index (χ0v) is 21.8. The largest absolute Gasteiger partial charge is 0.481 e. The lowest BCUT2D eigenvalue weighted by molar-refractivity contribution is -0.147. The number of para-hydroxylation sites is 1. The summed E-state index contributed by atoms with van der Waals surface area (Å²) in [5.74, 6) is -8.04. The molecule has 11 N–H and O–H groups in total. The van der Waals surface area contributed by atoms with Gasteiger partial charge in [0.25, 0.3) is 0 Å². The monoisotopic (exact) mass is 576 g/mol. The zero-order chi connectivity index (χ0) is 30.7. The van der Waals surface area contributed by atoms with Crippen molar-refractivity contribution in [1.29, 1.82) is 0 Å². The second kappa shape index (κ2) is 15.0. The highest BCUT2D eigenvalue weighted by atomic mass is 16.4. The Kier molecular flexibility index (Phi) is 11.8. The van der Waals surface area contributed by atoms with E-state index in [1.54, 1.807) is 30.5 Å². The van der Waals surface area contributed by atoms with E-state index in [1.165, 1.54) is 0 Å². The molecule has 2 aromatic rings. The molecule has 1 aromatic carbocycles. The van der Waals surface area contributed by atoms with Gasteiger partial charge in [-0.05, 0) is 24.5 Å². The molecule has 1 heterocycles. The summed E-state index contributed by atoms with van der Waals surface area (Å²) < 4.78 is 0. The molecule has 4 atom stereocenters. The van der Waals surface area contributed by atoms with Gasteiger partial charge in [0, 0.05) is 36.4 Å². The van der Waals surface area contributed by atoms with Crippen LogP contribution in [0.2, 0.25) is 0 Å². The number of hydrogen-bond acceptors (Lipinski definition) is 8. The number of carbonyl (C=O) groups is 7. The molecule has 0 spiro atoms. The van der Waals surface area contributed by atoms with E-state index in [0.717, 1.165) is 10.9 Å². The number of hydrogen-bond donors (Lipinski definition) is 9. The molecule has 0 aliphatic carbocycles. The first-order valence-corrected chi connectivity index (χ1v) is 12.4. The fraction of sp³-hybridized carbons (Fsp3) is 0.400. The molecule has 0 bridgehead atoms. The van der Waals surface area contributed by atoms with E-state index >= 15 is 0 Å². The third kappa shape index (κ3) is 10.2. The molecule has 2 rings (SSSR count). The number of fused-ring (bicyclic) bond motifs is 1. The Morgan fingerprint density at radius 3 is 2.00 bits per heavy atom. The van der Waals surface area contributed by atoms with Crippen LogP contribution < -0.4 is 27.4 Å². The second-order valence-electron chi connectivity index (χ2n) is 9.23. The molecule has 1 aromatic heterocycles. The van der Waals surface area contributed by atoms with Crippen molar-refractivity contribution in [3.8, 4) is 0 Å². The first-order valence-electron chi connectivity index (χ1n) is 12.4. The average Bonchev–Trinajstić information content (AvgIpc) is 3.30. The van der Waals surface area contributed by atoms with Crippen LogP contribution in [0.5, 0.6) is 0 Å². The fourth-order valence-corrected chi connectivity index (χ4v) is 3.89. The van der Waals surface area contributed by atoms with Crippen LogP contribution in [0.1, 0.15) is 37.7 Å². The zero-order valence-electron chi connectivity index (χ0n) is 21.8. The molecule has 0 aliphatic rings. The van der Waals surface area contributed by atoms with Crippen LogP contribution in [0.15, 0.2) is 30.5 Å². The molecule has 41 heavy (non-hydrogen) atoms. The number of nitrogens with two attached hydrogens (primary N) is 2. The molecule has 0 aliphatic heterocycles. The van der Waals surface area contributed by atoms with Crippen molar-refractivity contribution in [2.75, 3.05) is 0 Å². The van der Waals surface area contributed by atoms with Crippen LogP contribution in [0.3, 0.4) is 0 Å². The van der Waals surface area contributed by atoms with Crippen molar-refractivity contribution in [3.05, 3.63) is 36.0 Å². The quantitative estimate of drug-likeness (QED) is 0.101. The minimum atomic E-state index is -1.85. The number of nitrogens with one attached hydrogen (secondary N) is 4. The maximum atomic E-state index is 13.4. The average molecular weight is 577 g/mol. The van der Waals surface area contributed by atoms with Gasteiger partial charge < -0.3 is 47.7 Å². The third-order valence-electron chi connectivity index (χ3n) is 6.04. The Morgan fingerprint density at radius 2 is 1.39 bits per heavy atom. The minimum Gasteiger partial charge on any atom is -0.481 e. The van der Waals surface area contributed by atoms with Crippen molar-refractivity contribution >= 4 is 52.4 Å². The first-order chi connectivity index (χ1) is 19.3. The minimum absolute atomic E-state index is 0.103. The van der Waals surface area contributed by atoms with E-state index in [-0.39, 0.29) is 19.3 Å². The van der Waals surface area contributed by atoms with Crippen LogP contribution in [-0.2, 0) is 40.0 Å².